The highest BCUT2D eigenvalue weighted by Crippen LogP contribution is 2.39. The maximum atomic E-state index is 12.9. The summed E-state index contributed by atoms with van der Waals surface area (Å²) in [6.07, 6.45) is 4.55. The molecule has 1 aliphatic rings. The van der Waals surface area contributed by atoms with Gasteiger partial charge in [0.1, 0.15) is 11.6 Å². The zero-order valence-corrected chi connectivity index (χ0v) is 12.2. The summed E-state index contributed by atoms with van der Waals surface area (Å²) in [5, 5.41) is 13.3. The van der Waals surface area contributed by atoms with Crippen LogP contribution in [0.25, 0.3) is 0 Å². The van der Waals surface area contributed by atoms with Crippen molar-refractivity contribution in [3.8, 4) is 5.75 Å². The normalized spacial score (nSPS) is 17.4. The van der Waals surface area contributed by atoms with Crippen molar-refractivity contribution in [2.45, 2.75) is 25.7 Å². The molecular weight excluding hydrogens is 313 g/mol. The molecule has 1 saturated carbocycles. The number of nitrogens with one attached hydrogen (secondary N) is 1. The van der Waals surface area contributed by atoms with Crippen molar-refractivity contribution in [3.63, 3.8) is 0 Å². The van der Waals surface area contributed by atoms with Gasteiger partial charge in [0, 0.05) is 17.9 Å². The third-order valence-corrected chi connectivity index (χ3v) is 4.97. The van der Waals surface area contributed by atoms with Gasteiger partial charge in [-0.25, -0.2) is 4.39 Å². The van der Waals surface area contributed by atoms with Crippen molar-refractivity contribution in [1.29, 1.82) is 0 Å². The molecule has 0 unspecified atom stereocenters. The summed E-state index contributed by atoms with van der Waals surface area (Å²) >= 11 is 3.51. The summed E-state index contributed by atoms with van der Waals surface area (Å²) in [5.41, 5.74) is 0.231. The number of rotatable bonds is 4. The fourth-order valence-corrected chi connectivity index (χ4v) is 3.30. The van der Waals surface area contributed by atoms with Crippen LogP contribution in [0.3, 0.4) is 0 Å². The molecule has 2 N–H and O–H groups in total. The number of amides is 1. The fraction of sp³-hybridized carbons (Fsp3) is 0.500. The molecule has 1 amide bonds. The second-order valence-corrected chi connectivity index (χ2v) is 5.75. The lowest BCUT2D eigenvalue weighted by Gasteiger charge is -2.26. The van der Waals surface area contributed by atoms with E-state index in [9.17, 15) is 14.3 Å². The van der Waals surface area contributed by atoms with Crippen molar-refractivity contribution < 1.29 is 14.3 Å². The van der Waals surface area contributed by atoms with Crippen LogP contribution in [-0.4, -0.2) is 22.9 Å². The molecule has 0 spiro atoms. The molecule has 1 aliphatic carbocycles. The van der Waals surface area contributed by atoms with E-state index in [-0.39, 0.29) is 22.6 Å². The molecule has 19 heavy (non-hydrogen) atoms. The number of carbonyl (C=O) groups is 1. The number of phenols is 1. The van der Waals surface area contributed by atoms with Gasteiger partial charge in [0.25, 0.3) is 5.91 Å². The first kappa shape index (κ1) is 14.3. The number of carbonyl (C=O) groups excluding carboxylic acids is 1. The molecule has 1 fully saturated rings. The fourth-order valence-electron chi connectivity index (χ4n) is 2.54. The molecule has 0 heterocycles. The lowest BCUT2D eigenvalue weighted by atomic mass is 9.89. The Kier molecular flexibility index (Phi) is 4.45. The van der Waals surface area contributed by atoms with Crippen molar-refractivity contribution in [1.82, 2.24) is 5.32 Å². The molecule has 1 aromatic carbocycles. The highest BCUT2D eigenvalue weighted by Gasteiger charge is 2.33. The SMILES string of the molecule is O=C(NCC1(CBr)CCCC1)c1ccc(F)cc1O. The molecule has 1 aromatic rings. The van der Waals surface area contributed by atoms with Gasteiger partial charge in [-0.2, -0.15) is 0 Å². The zero-order chi connectivity index (χ0) is 13.9. The number of hydrogen-bond donors (Lipinski definition) is 2. The smallest absolute Gasteiger partial charge is 0.255 e. The van der Waals surface area contributed by atoms with E-state index >= 15 is 0 Å². The minimum Gasteiger partial charge on any atom is -0.507 e. The highest BCUT2D eigenvalue weighted by atomic mass is 79.9. The minimum absolute atomic E-state index is 0.115. The number of halogens is 2. The molecule has 104 valence electrons. The van der Waals surface area contributed by atoms with Crippen LogP contribution in [0.4, 0.5) is 4.39 Å². The summed E-state index contributed by atoms with van der Waals surface area (Å²) in [5.74, 6) is -1.23. The first-order chi connectivity index (χ1) is 9.06. The zero-order valence-electron chi connectivity index (χ0n) is 10.6. The van der Waals surface area contributed by atoms with Crippen LogP contribution in [0.1, 0.15) is 36.0 Å². The van der Waals surface area contributed by atoms with Crippen LogP contribution in [0, 0.1) is 11.2 Å². The van der Waals surface area contributed by atoms with Gasteiger partial charge < -0.3 is 10.4 Å². The summed E-state index contributed by atoms with van der Waals surface area (Å²) in [4.78, 5) is 12.0. The number of hydrogen-bond acceptors (Lipinski definition) is 2. The second kappa shape index (κ2) is 5.90. The van der Waals surface area contributed by atoms with Crippen molar-refractivity contribution >= 4 is 21.8 Å². The Labute approximate surface area is 120 Å². The largest absolute Gasteiger partial charge is 0.507 e. The molecule has 0 saturated heterocycles. The van der Waals surface area contributed by atoms with E-state index < -0.39 is 5.82 Å². The van der Waals surface area contributed by atoms with Crippen LogP contribution in [-0.2, 0) is 0 Å². The van der Waals surface area contributed by atoms with Crippen molar-refractivity contribution in [2.24, 2.45) is 5.41 Å². The monoisotopic (exact) mass is 329 g/mol. The summed E-state index contributed by atoms with van der Waals surface area (Å²) in [6, 6.07) is 3.42. The topological polar surface area (TPSA) is 49.3 Å². The molecule has 0 bridgehead atoms. The Hall–Kier alpha value is -1.10. The number of phenolic OH excluding ortho intramolecular Hbond substituents is 1. The van der Waals surface area contributed by atoms with E-state index in [2.05, 4.69) is 21.2 Å². The number of benzene rings is 1. The standard InChI is InChI=1S/C14H17BrFNO2/c15-8-14(5-1-2-6-14)9-17-13(19)11-4-3-10(16)7-12(11)18/h3-4,7,18H,1-2,5-6,8-9H2,(H,17,19). The third kappa shape index (κ3) is 3.26. The summed E-state index contributed by atoms with van der Waals surface area (Å²) in [7, 11) is 0. The van der Waals surface area contributed by atoms with E-state index in [1.165, 1.54) is 25.0 Å². The summed E-state index contributed by atoms with van der Waals surface area (Å²) < 4.78 is 12.9. The molecule has 2 rings (SSSR count). The first-order valence-corrected chi connectivity index (χ1v) is 7.51. The molecular formula is C14H17BrFNO2. The van der Waals surface area contributed by atoms with Crippen LogP contribution >= 0.6 is 15.9 Å². The quantitative estimate of drug-likeness (QED) is 0.833. The van der Waals surface area contributed by atoms with Crippen LogP contribution in [0.15, 0.2) is 18.2 Å². The Morgan fingerprint density at radius 3 is 2.68 bits per heavy atom. The highest BCUT2D eigenvalue weighted by molar-refractivity contribution is 9.09. The Morgan fingerprint density at radius 1 is 1.42 bits per heavy atom. The molecule has 0 aliphatic heterocycles. The van der Waals surface area contributed by atoms with Gasteiger partial charge >= 0.3 is 0 Å². The Balaban J connectivity index is 2.01. The first-order valence-electron chi connectivity index (χ1n) is 6.39. The van der Waals surface area contributed by atoms with Gasteiger partial charge in [-0.3, -0.25) is 4.79 Å². The van der Waals surface area contributed by atoms with Crippen LogP contribution in [0.2, 0.25) is 0 Å². The Morgan fingerprint density at radius 2 is 2.11 bits per heavy atom. The van der Waals surface area contributed by atoms with Crippen molar-refractivity contribution in [2.75, 3.05) is 11.9 Å². The number of alkyl halides is 1. The predicted molar refractivity (Wildman–Crippen MR) is 75.1 cm³/mol. The van der Waals surface area contributed by atoms with Gasteiger partial charge in [-0.15, -0.1) is 0 Å². The van der Waals surface area contributed by atoms with Gasteiger partial charge in [-0.1, -0.05) is 28.8 Å². The van der Waals surface area contributed by atoms with E-state index in [0.717, 1.165) is 24.2 Å². The summed E-state index contributed by atoms with van der Waals surface area (Å²) in [6.45, 7) is 0.577. The van der Waals surface area contributed by atoms with E-state index in [1.807, 2.05) is 0 Å². The maximum Gasteiger partial charge on any atom is 0.255 e. The van der Waals surface area contributed by atoms with E-state index in [1.54, 1.807) is 0 Å². The lowest BCUT2D eigenvalue weighted by molar-refractivity contribution is 0.0933. The van der Waals surface area contributed by atoms with E-state index in [4.69, 9.17) is 0 Å². The molecule has 0 radical (unpaired) electrons. The lowest BCUT2D eigenvalue weighted by Crippen LogP contribution is -2.37. The average molecular weight is 330 g/mol. The van der Waals surface area contributed by atoms with Crippen LogP contribution < -0.4 is 5.32 Å². The van der Waals surface area contributed by atoms with E-state index in [0.29, 0.717) is 6.54 Å². The van der Waals surface area contributed by atoms with Gasteiger partial charge in [0.15, 0.2) is 0 Å². The third-order valence-electron chi connectivity index (χ3n) is 3.78. The molecule has 0 aromatic heterocycles. The van der Waals surface area contributed by atoms with Gasteiger partial charge in [0.2, 0.25) is 0 Å². The molecule has 3 nitrogen and oxygen atoms in total. The molecule has 5 heteroatoms. The van der Waals surface area contributed by atoms with Gasteiger partial charge in [0.05, 0.1) is 5.56 Å². The average Bonchev–Trinajstić information content (AvgIpc) is 2.85. The maximum absolute atomic E-state index is 12.9. The second-order valence-electron chi connectivity index (χ2n) is 5.18. The number of aromatic hydroxyl groups is 1. The van der Waals surface area contributed by atoms with Crippen molar-refractivity contribution in [3.05, 3.63) is 29.6 Å². The van der Waals surface area contributed by atoms with Crippen LogP contribution in [0.5, 0.6) is 5.75 Å². The minimum atomic E-state index is -0.554. The van der Waals surface area contributed by atoms with Gasteiger partial charge in [-0.05, 0) is 30.4 Å². The Bertz CT molecular complexity index is 473. The molecule has 0 atom stereocenters. The predicted octanol–water partition coefficient (Wildman–Crippen LogP) is 3.22.